The molecule has 2 N–H and O–H groups in total. The fourth-order valence-corrected chi connectivity index (χ4v) is 3.89. The molecule has 1 saturated heterocycles. The molecule has 7 heteroatoms. The van der Waals surface area contributed by atoms with E-state index >= 15 is 0 Å². The number of fused-ring (bicyclic) bond motifs is 1. The second-order valence-corrected chi connectivity index (χ2v) is 7.50. The largest absolute Gasteiger partial charge is 0.342 e. The maximum Gasteiger partial charge on any atom is 0.257 e. The van der Waals surface area contributed by atoms with Gasteiger partial charge in [0.15, 0.2) is 0 Å². The van der Waals surface area contributed by atoms with Crippen molar-refractivity contribution >= 4 is 17.0 Å². The molecule has 28 heavy (non-hydrogen) atoms. The lowest BCUT2D eigenvalue weighted by atomic mass is 10.1. The Morgan fingerprint density at radius 2 is 1.93 bits per heavy atom. The molecule has 0 bridgehead atoms. The summed E-state index contributed by atoms with van der Waals surface area (Å²) < 4.78 is 2.13. The fourth-order valence-electron chi connectivity index (χ4n) is 3.89. The highest BCUT2D eigenvalue weighted by atomic mass is 16.1. The number of nitrogens with zero attached hydrogens (tertiary/aromatic N) is 4. The number of rotatable bonds is 6. The summed E-state index contributed by atoms with van der Waals surface area (Å²) in [6.45, 7) is 5.13. The molecule has 0 spiro atoms. The number of anilines is 1. The van der Waals surface area contributed by atoms with E-state index in [4.69, 9.17) is 4.98 Å². The van der Waals surface area contributed by atoms with Crippen LogP contribution in [0.2, 0.25) is 0 Å². The van der Waals surface area contributed by atoms with Crippen molar-refractivity contribution in [2.24, 2.45) is 7.05 Å². The van der Waals surface area contributed by atoms with Crippen molar-refractivity contribution in [3.63, 3.8) is 0 Å². The van der Waals surface area contributed by atoms with Gasteiger partial charge in [-0.15, -0.1) is 0 Å². The van der Waals surface area contributed by atoms with E-state index in [1.807, 2.05) is 32.2 Å². The van der Waals surface area contributed by atoms with E-state index in [0.717, 1.165) is 61.4 Å². The molecular weight excluding hydrogens is 352 g/mol. The topological polar surface area (TPSA) is 78.8 Å². The minimum Gasteiger partial charge on any atom is -0.342 e. The van der Waals surface area contributed by atoms with Gasteiger partial charge in [0.05, 0.1) is 22.3 Å². The number of aryl methyl sites for hydroxylation is 2. The van der Waals surface area contributed by atoms with Crippen molar-refractivity contribution in [3.05, 3.63) is 51.7 Å². The maximum atomic E-state index is 12.6. The zero-order valence-electron chi connectivity index (χ0n) is 16.7. The van der Waals surface area contributed by atoms with Crippen molar-refractivity contribution in [3.8, 4) is 0 Å². The third-order valence-corrected chi connectivity index (χ3v) is 5.57. The van der Waals surface area contributed by atoms with E-state index < -0.39 is 0 Å². The molecule has 1 aromatic carbocycles. The van der Waals surface area contributed by atoms with Crippen LogP contribution in [0.4, 0.5) is 5.95 Å². The summed E-state index contributed by atoms with van der Waals surface area (Å²) in [5, 5.41) is 3.38. The smallest absolute Gasteiger partial charge is 0.257 e. The molecule has 7 nitrogen and oxygen atoms in total. The van der Waals surface area contributed by atoms with Gasteiger partial charge in [-0.05, 0) is 38.3 Å². The number of hydrogen-bond donors (Lipinski definition) is 2. The number of nitrogens with one attached hydrogen (secondary N) is 2. The molecule has 0 radical (unpaired) electrons. The number of benzene rings is 1. The van der Waals surface area contributed by atoms with Crippen LogP contribution < -0.4 is 15.8 Å². The summed E-state index contributed by atoms with van der Waals surface area (Å²) in [6, 6.07) is 8.15. The highest BCUT2D eigenvalue weighted by Gasteiger charge is 2.16. The molecule has 4 rings (SSSR count). The lowest BCUT2D eigenvalue weighted by molar-refractivity contribution is 0.565. The van der Waals surface area contributed by atoms with Crippen LogP contribution in [-0.4, -0.2) is 39.2 Å². The van der Waals surface area contributed by atoms with Gasteiger partial charge >= 0.3 is 0 Å². The Morgan fingerprint density at radius 1 is 1.14 bits per heavy atom. The van der Waals surface area contributed by atoms with Crippen LogP contribution in [0.1, 0.15) is 36.3 Å². The Labute approximate surface area is 164 Å². The van der Waals surface area contributed by atoms with E-state index in [9.17, 15) is 4.79 Å². The molecule has 0 atom stereocenters. The Bertz CT molecular complexity index is 1020. The second kappa shape index (κ2) is 8.14. The molecule has 1 fully saturated rings. The van der Waals surface area contributed by atoms with Crippen molar-refractivity contribution in [1.82, 2.24) is 24.8 Å². The van der Waals surface area contributed by atoms with Gasteiger partial charge in [0, 0.05) is 39.6 Å². The van der Waals surface area contributed by atoms with Crippen LogP contribution in [0.25, 0.3) is 11.0 Å². The van der Waals surface area contributed by atoms with E-state index in [0.29, 0.717) is 18.1 Å². The van der Waals surface area contributed by atoms with E-state index in [-0.39, 0.29) is 5.56 Å². The van der Waals surface area contributed by atoms with Gasteiger partial charge < -0.3 is 14.8 Å². The standard InChI is InChI=1S/C21H28N6O/c1-15-16(20(28)25-21(23-15)27-12-6-3-7-13-27)14-22-11-10-19-24-17-8-4-5-9-18(17)26(19)2/h4-5,8-9,22H,3,6-7,10-14H2,1-2H3,(H,23,25,28). The number of aromatic amines is 1. The molecule has 0 aliphatic carbocycles. The van der Waals surface area contributed by atoms with Gasteiger partial charge in [0.1, 0.15) is 5.82 Å². The highest BCUT2D eigenvalue weighted by Crippen LogP contribution is 2.16. The first-order chi connectivity index (χ1) is 13.6. The molecule has 0 unspecified atom stereocenters. The third kappa shape index (κ3) is 3.80. The molecule has 2 aromatic heterocycles. The van der Waals surface area contributed by atoms with Gasteiger partial charge in [0.25, 0.3) is 5.56 Å². The maximum absolute atomic E-state index is 12.6. The second-order valence-electron chi connectivity index (χ2n) is 7.50. The molecule has 3 aromatic rings. The molecule has 0 saturated carbocycles. The van der Waals surface area contributed by atoms with Crippen molar-refractivity contribution in [2.75, 3.05) is 24.5 Å². The van der Waals surface area contributed by atoms with Crippen LogP contribution in [0.15, 0.2) is 29.1 Å². The van der Waals surface area contributed by atoms with Crippen LogP contribution in [0.3, 0.4) is 0 Å². The Hall–Kier alpha value is -2.67. The van der Waals surface area contributed by atoms with Gasteiger partial charge in [-0.25, -0.2) is 9.97 Å². The van der Waals surface area contributed by atoms with Crippen LogP contribution in [0.5, 0.6) is 0 Å². The highest BCUT2D eigenvalue weighted by molar-refractivity contribution is 5.75. The molecule has 1 aliphatic rings. The SMILES string of the molecule is Cc1nc(N2CCCCC2)[nH]c(=O)c1CNCCc1nc2ccccc2n1C. The predicted molar refractivity (Wildman–Crippen MR) is 112 cm³/mol. The van der Waals surface area contributed by atoms with Crippen LogP contribution in [-0.2, 0) is 20.0 Å². The number of imidazole rings is 1. The molecule has 148 valence electrons. The minimum absolute atomic E-state index is 0.0386. The van der Waals surface area contributed by atoms with Crippen LogP contribution >= 0.6 is 0 Å². The first-order valence-electron chi connectivity index (χ1n) is 10.1. The normalized spacial score (nSPS) is 14.7. The van der Waals surface area contributed by atoms with Crippen molar-refractivity contribution in [1.29, 1.82) is 0 Å². The Kier molecular flexibility index (Phi) is 5.43. The fraction of sp³-hybridized carbons (Fsp3) is 0.476. The summed E-state index contributed by atoms with van der Waals surface area (Å²) >= 11 is 0. The quantitative estimate of drug-likeness (QED) is 0.642. The lowest BCUT2D eigenvalue weighted by Crippen LogP contribution is -2.34. The summed E-state index contributed by atoms with van der Waals surface area (Å²) in [6.07, 6.45) is 4.39. The van der Waals surface area contributed by atoms with Gasteiger partial charge in [0.2, 0.25) is 5.95 Å². The predicted octanol–water partition coefficient (Wildman–Crippen LogP) is 2.29. The van der Waals surface area contributed by atoms with Crippen molar-refractivity contribution in [2.45, 2.75) is 39.2 Å². The molecule has 3 heterocycles. The first-order valence-corrected chi connectivity index (χ1v) is 10.1. The zero-order valence-corrected chi connectivity index (χ0v) is 16.7. The number of piperidine rings is 1. The van der Waals surface area contributed by atoms with Crippen LogP contribution in [0, 0.1) is 6.92 Å². The zero-order chi connectivity index (χ0) is 19.5. The van der Waals surface area contributed by atoms with Gasteiger partial charge in [-0.1, -0.05) is 12.1 Å². The first kappa shape index (κ1) is 18.7. The molecule has 0 amide bonds. The monoisotopic (exact) mass is 380 g/mol. The van der Waals surface area contributed by atoms with Gasteiger partial charge in [-0.2, -0.15) is 0 Å². The Morgan fingerprint density at radius 3 is 2.68 bits per heavy atom. The summed E-state index contributed by atoms with van der Waals surface area (Å²) in [7, 11) is 2.04. The summed E-state index contributed by atoms with van der Waals surface area (Å²) in [5.74, 6) is 1.75. The van der Waals surface area contributed by atoms with Gasteiger partial charge in [-0.3, -0.25) is 9.78 Å². The average Bonchev–Trinajstić information content (AvgIpc) is 3.03. The van der Waals surface area contributed by atoms with E-state index in [1.54, 1.807) is 0 Å². The van der Waals surface area contributed by atoms with E-state index in [1.165, 1.54) is 6.42 Å². The summed E-state index contributed by atoms with van der Waals surface area (Å²) in [4.78, 5) is 27.1. The average molecular weight is 380 g/mol. The Balaban J connectivity index is 1.38. The minimum atomic E-state index is -0.0386. The van der Waals surface area contributed by atoms with E-state index in [2.05, 4.69) is 30.8 Å². The van der Waals surface area contributed by atoms with Crippen molar-refractivity contribution < 1.29 is 0 Å². The third-order valence-electron chi connectivity index (χ3n) is 5.57. The number of hydrogen-bond acceptors (Lipinski definition) is 5. The number of H-pyrrole nitrogens is 1. The lowest BCUT2D eigenvalue weighted by Gasteiger charge is -2.27. The molecular formula is C21H28N6O. The molecule has 1 aliphatic heterocycles. The summed E-state index contributed by atoms with van der Waals surface area (Å²) in [5.41, 5.74) is 3.64. The number of para-hydroxylation sites is 2. The number of aromatic nitrogens is 4.